The van der Waals surface area contributed by atoms with E-state index in [-0.39, 0.29) is 27.5 Å². The second-order valence-electron chi connectivity index (χ2n) is 10.9. The van der Waals surface area contributed by atoms with E-state index >= 15 is 0 Å². The molecule has 0 radical (unpaired) electrons. The molecule has 10 heteroatoms. The molecule has 0 spiro atoms. The van der Waals surface area contributed by atoms with Gasteiger partial charge in [-0.05, 0) is 64.1 Å². The Kier molecular flexibility index (Phi) is 8.75. The number of ether oxygens (including phenoxy) is 1. The quantitative estimate of drug-likeness (QED) is 0.356. The van der Waals surface area contributed by atoms with Gasteiger partial charge in [-0.25, -0.2) is 14.3 Å². The van der Waals surface area contributed by atoms with Crippen LogP contribution in [0, 0.1) is 0 Å². The standard InChI is InChI=1S/C29H37N3O5S2/c1-17(2)23-11-22(19-6-7-21-15-37-9-8-20(21)10-19)12-24(18(3)4)25(23)13-26(34)32-39(30,36)27-14-31-28(38-27)29(5,35)16-33/h6-7,10-12,14,17-18,33,35H,8-9,13,15-16H2,1-5H3,(H2,30,32,34,36). The lowest BCUT2D eigenvalue weighted by Gasteiger charge is -2.22. The van der Waals surface area contributed by atoms with E-state index in [4.69, 9.17) is 9.88 Å². The normalized spacial score (nSPS) is 16.6. The highest BCUT2D eigenvalue weighted by molar-refractivity contribution is 7.93. The molecule has 1 aromatic heterocycles. The van der Waals surface area contributed by atoms with Crippen LogP contribution in [-0.2, 0) is 44.5 Å². The van der Waals surface area contributed by atoms with Crippen molar-refractivity contribution < 1.29 is 24.0 Å². The van der Waals surface area contributed by atoms with Crippen LogP contribution in [0.4, 0.5) is 0 Å². The average Bonchev–Trinajstić information content (AvgIpc) is 3.40. The van der Waals surface area contributed by atoms with Gasteiger partial charge in [-0.3, -0.25) is 4.79 Å². The molecule has 0 saturated heterocycles. The zero-order valence-corrected chi connectivity index (χ0v) is 24.7. The van der Waals surface area contributed by atoms with Gasteiger partial charge in [0.2, 0.25) is 0 Å². The van der Waals surface area contributed by atoms with Crippen molar-refractivity contribution in [3.8, 4) is 11.1 Å². The van der Waals surface area contributed by atoms with Crippen LogP contribution in [0.25, 0.3) is 11.1 Å². The van der Waals surface area contributed by atoms with Crippen LogP contribution in [0.1, 0.15) is 79.3 Å². The Hall–Kier alpha value is -2.47. The molecule has 39 heavy (non-hydrogen) atoms. The van der Waals surface area contributed by atoms with E-state index in [9.17, 15) is 19.2 Å². The van der Waals surface area contributed by atoms with E-state index in [1.165, 1.54) is 24.2 Å². The fraction of sp³-hybridized carbons (Fsp3) is 0.448. The molecule has 4 N–H and O–H groups in total. The van der Waals surface area contributed by atoms with E-state index in [1.54, 1.807) is 0 Å². The third-order valence-electron chi connectivity index (χ3n) is 6.98. The summed E-state index contributed by atoms with van der Waals surface area (Å²) in [4.78, 5) is 17.2. The Balaban J connectivity index is 1.71. The number of nitrogens with zero attached hydrogens (tertiary/aromatic N) is 2. The van der Waals surface area contributed by atoms with E-state index in [2.05, 4.69) is 67.4 Å². The summed E-state index contributed by atoms with van der Waals surface area (Å²) in [6.45, 7) is 10.6. The number of aliphatic hydroxyl groups excluding tert-OH is 1. The second-order valence-corrected chi connectivity index (χ2v) is 13.9. The van der Waals surface area contributed by atoms with E-state index in [0.29, 0.717) is 6.61 Å². The van der Waals surface area contributed by atoms with Gasteiger partial charge in [0.25, 0.3) is 5.91 Å². The summed E-state index contributed by atoms with van der Waals surface area (Å²) in [7, 11) is -3.57. The molecule has 0 bridgehead atoms. The largest absolute Gasteiger partial charge is 0.393 e. The molecule has 210 valence electrons. The lowest BCUT2D eigenvalue weighted by Crippen LogP contribution is -2.25. The Morgan fingerprint density at radius 3 is 2.44 bits per heavy atom. The minimum absolute atomic E-state index is 0.0307. The van der Waals surface area contributed by atoms with E-state index in [1.807, 2.05) is 0 Å². The summed E-state index contributed by atoms with van der Waals surface area (Å²) in [5, 5.41) is 25.8. The highest BCUT2D eigenvalue weighted by Gasteiger charge is 2.28. The first-order valence-corrected chi connectivity index (χ1v) is 15.5. The Labute approximate surface area is 234 Å². The van der Waals surface area contributed by atoms with Gasteiger partial charge in [-0.15, -0.1) is 15.7 Å². The summed E-state index contributed by atoms with van der Waals surface area (Å²) in [5.41, 5.74) is 6.12. The van der Waals surface area contributed by atoms with Gasteiger partial charge in [0.1, 0.15) is 14.8 Å². The van der Waals surface area contributed by atoms with Crippen molar-refractivity contribution in [1.82, 2.24) is 4.98 Å². The van der Waals surface area contributed by atoms with Crippen LogP contribution in [0.5, 0.6) is 0 Å². The molecule has 8 nitrogen and oxygen atoms in total. The van der Waals surface area contributed by atoms with Crippen LogP contribution < -0.4 is 5.14 Å². The summed E-state index contributed by atoms with van der Waals surface area (Å²) in [5.74, 6) is -0.303. The lowest BCUT2D eigenvalue weighted by atomic mass is 9.83. The molecule has 0 saturated carbocycles. The van der Waals surface area contributed by atoms with Gasteiger partial charge in [-0.1, -0.05) is 58.0 Å². The number of nitrogens with two attached hydrogens (primary N) is 1. The van der Waals surface area contributed by atoms with Crippen molar-refractivity contribution in [2.45, 2.75) is 75.7 Å². The molecule has 1 aliphatic heterocycles. The smallest absolute Gasteiger partial charge is 0.259 e. The summed E-state index contributed by atoms with van der Waals surface area (Å²) in [6, 6.07) is 10.8. The topological polar surface area (TPSA) is 135 Å². The summed E-state index contributed by atoms with van der Waals surface area (Å²) >= 11 is 0.870. The molecule has 2 unspecified atom stereocenters. The number of hydrogen-bond donors (Lipinski definition) is 3. The van der Waals surface area contributed by atoms with Crippen LogP contribution in [0.2, 0.25) is 0 Å². The fourth-order valence-electron chi connectivity index (χ4n) is 4.75. The van der Waals surface area contributed by atoms with E-state index < -0.39 is 28.0 Å². The number of amides is 1. The first-order chi connectivity index (χ1) is 18.3. The van der Waals surface area contributed by atoms with Gasteiger partial charge in [0.05, 0.1) is 32.4 Å². The number of benzene rings is 2. The number of rotatable bonds is 8. The van der Waals surface area contributed by atoms with Gasteiger partial charge in [0, 0.05) is 0 Å². The minimum Gasteiger partial charge on any atom is -0.393 e. The maximum Gasteiger partial charge on any atom is 0.259 e. The minimum atomic E-state index is -3.57. The fourth-order valence-corrected chi connectivity index (χ4v) is 6.93. The maximum atomic E-state index is 13.2. The van der Waals surface area contributed by atoms with Crippen molar-refractivity contribution in [1.29, 1.82) is 0 Å². The van der Waals surface area contributed by atoms with Crippen LogP contribution in [0.3, 0.4) is 0 Å². The molecule has 2 aromatic carbocycles. The molecular weight excluding hydrogens is 534 g/mol. The zero-order valence-electron chi connectivity index (χ0n) is 23.1. The number of thiazole rings is 1. The van der Waals surface area contributed by atoms with Crippen molar-refractivity contribution in [2.75, 3.05) is 13.2 Å². The predicted octanol–water partition coefficient (Wildman–Crippen LogP) is 4.80. The Bertz CT molecular complexity index is 1470. The molecule has 0 aliphatic carbocycles. The van der Waals surface area contributed by atoms with Crippen molar-refractivity contribution in [2.24, 2.45) is 9.50 Å². The lowest BCUT2D eigenvalue weighted by molar-refractivity contribution is -0.117. The summed E-state index contributed by atoms with van der Waals surface area (Å²) in [6.07, 6.45) is 2.10. The number of aromatic nitrogens is 1. The highest BCUT2D eigenvalue weighted by Crippen LogP contribution is 2.35. The molecule has 0 fully saturated rings. The first kappa shape index (κ1) is 29.5. The molecule has 3 aromatic rings. The number of carbonyl (C=O) groups is 1. The zero-order chi connectivity index (χ0) is 28.5. The van der Waals surface area contributed by atoms with Gasteiger partial charge in [-0.2, -0.15) is 0 Å². The third-order valence-corrected chi connectivity index (χ3v) is 10.2. The average molecular weight is 572 g/mol. The monoisotopic (exact) mass is 571 g/mol. The first-order valence-electron chi connectivity index (χ1n) is 13.1. The third kappa shape index (κ3) is 6.48. The van der Waals surface area contributed by atoms with Gasteiger partial charge < -0.3 is 14.9 Å². The molecule has 1 aliphatic rings. The Morgan fingerprint density at radius 2 is 1.82 bits per heavy atom. The second kappa shape index (κ2) is 11.6. The van der Waals surface area contributed by atoms with Gasteiger partial charge in [0.15, 0.2) is 9.92 Å². The van der Waals surface area contributed by atoms with Crippen molar-refractivity contribution in [3.63, 3.8) is 0 Å². The van der Waals surface area contributed by atoms with Crippen LogP contribution >= 0.6 is 11.3 Å². The highest BCUT2D eigenvalue weighted by atomic mass is 32.2. The molecule has 4 rings (SSSR count). The predicted molar refractivity (Wildman–Crippen MR) is 154 cm³/mol. The number of hydrogen-bond acceptors (Lipinski definition) is 7. The molecule has 2 heterocycles. The van der Waals surface area contributed by atoms with E-state index in [0.717, 1.165) is 52.2 Å². The summed E-state index contributed by atoms with van der Waals surface area (Å²) < 4.78 is 22.8. The van der Waals surface area contributed by atoms with Gasteiger partial charge >= 0.3 is 0 Å². The molecule has 2 atom stereocenters. The Morgan fingerprint density at radius 1 is 1.15 bits per heavy atom. The maximum absolute atomic E-state index is 13.2. The number of carbonyl (C=O) groups excluding carboxylic acids is 1. The van der Waals surface area contributed by atoms with Crippen LogP contribution in [-0.4, -0.2) is 38.5 Å². The molecular formula is C29H37N3O5S2. The van der Waals surface area contributed by atoms with Crippen molar-refractivity contribution >= 4 is 27.2 Å². The SMILES string of the molecule is CC(C)c1cc(-c2ccc3c(c2)CCOC3)cc(C(C)C)c1CC(=O)N=S(N)(=O)c1cnc(C(C)(O)CO)s1. The number of fused-ring (bicyclic) bond motifs is 1. The van der Waals surface area contributed by atoms with Crippen LogP contribution in [0.15, 0.2) is 45.1 Å². The molecule has 1 amide bonds. The number of aliphatic hydroxyl groups is 2. The van der Waals surface area contributed by atoms with Crippen molar-refractivity contribution in [3.05, 3.63) is 69.4 Å².